The second-order valence-electron chi connectivity index (χ2n) is 48.0. The molecule has 38 heteroatoms. The fraction of sp³-hybridized carbons (Fsp3) is 0.910. The SMILES string of the molecule is CC(C)C1CCC(C(=O)O)C1.CC(C)C1CCC(C(=O)O)C1.CC(C)C1CCCN(CC(=O)O)C1.CC(C)C1CCCN(S(C)(=O)=O)C1.CC(C)C1CCN(Cc2nn[nH]n2)CC1.CC(C)C1CCN(S(C)(=O)=O)C1.CC(C)N1CCC(C(=O)O)C1.CC(C)N1CCC(CC#N)CC1.CC(C)N1CCC(CC(=O)O)C1.CNC1(C(N)=O)CCN(C(C)C)CC1.COC(=O)C1CCN(C(C)C)C1.COC(=O)CC1CCN(C(C)C)C1. The molecule has 1 aromatic heterocycles. The van der Waals surface area contributed by atoms with Crippen LogP contribution in [0.1, 0.15) is 326 Å². The number of aromatic nitrogens is 4. The minimum atomic E-state index is -2.96. The zero-order chi connectivity index (χ0) is 113. The number of likely N-dealkylation sites (N-methyl/N-ethyl adjacent to an activating group) is 1. The molecule has 10 aliphatic heterocycles. The number of rotatable bonds is 29. The van der Waals surface area contributed by atoms with Crippen LogP contribution < -0.4 is 11.1 Å². The van der Waals surface area contributed by atoms with Gasteiger partial charge in [-0.3, -0.25) is 48.2 Å². The number of likely N-dealkylation sites (tertiary alicyclic amines) is 8. The van der Waals surface area contributed by atoms with Gasteiger partial charge in [-0.05, 0) is 373 Å². The van der Waals surface area contributed by atoms with E-state index in [0.29, 0.717) is 139 Å². The maximum atomic E-state index is 11.3. The average Bonchev–Trinajstić information content (AvgIpc) is 1.69. The van der Waals surface area contributed by atoms with Crippen molar-refractivity contribution >= 4 is 67.7 Å². The van der Waals surface area contributed by atoms with Crippen molar-refractivity contribution in [3.05, 3.63) is 5.82 Å². The number of primary amides is 1. The minimum absolute atomic E-state index is 0.0533. The molecular formula is C111H213N17O19S2. The van der Waals surface area contributed by atoms with Crippen LogP contribution in [0.5, 0.6) is 0 Å². The highest BCUT2D eigenvalue weighted by Crippen LogP contribution is 2.38. The summed E-state index contributed by atoms with van der Waals surface area (Å²) in [6.45, 7) is 72.6. The van der Waals surface area contributed by atoms with Crippen molar-refractivity contribution in [1.29, 1.82) is 5.26 Å². The number of aliphatic carboxylic acids is 5. The first-order valence-corrected chi connectivity index (χ1v) is 60.5. The fourth-order valence-electron chi connectivity index (χ4n) is 21.8. The molecule has 0 radical (unpaired) electrons. The number of methoxy groups -OCH3 is 2. The Balaban J connectivity index is 0.000000550. The lowest BCUT2D eigenvalue weighted by atomic mass is 9.86. The fourth-order valence-corrected chi connectivity index (χ4v) is 23.6. The minimum Gasteiger partial charge on any atom is -0.481 e. The maximum Gasteiger partial charge on any atom is 0.317 e. The third-order valence-electron chi connectivity index (χ3n) is 33.3. The number of hydrogen-bond donors (Lipinski definition) is 8. The molecule has 1 amide bonds. The van der Waals surface area contributed by atoms with Crippen LogP contribution in [0, 0.1) is 124 Å². The number of carbonyl (C=O) groups is 8. The number of nitrogens with two attached hydrogens (primary N) is 1. The lowest BCUT2D eigenvalue weighted by Gasteiger charge is -2.41. The van der Waals surface area contributed by atoms with Crippen molar-refractivity contribution in [3.8, 4) is 6.07 Å². The Morgan fingerprint density at radius 1 is 0.409 bits per heavy atom. The van der Waals surface area contributed by atoms with Crippen LogP contribution in [-0.2, 0) is 74.4 Å². The summed E-state index contributed by atoms with van der Waals surface area (Å²) in [4.78, 5) is 105. The van der Waals surface area contributed by atoms with E-state index in [4.69, 9.17) is 41.3 Å². The van der Waals surface area contributed by atoms with E-state index in [1.165, 1.54) is 78.3 Å². The van der Waals surface area contributed by atoms with Crippen LogP contribution >= 0.6 is 0 Å². The zero-order valence-corrected chi connectivity index (χ0v) is 99.7. The molecule has 0 bridgehead atoms. The van der Waals surface area contributed by atoms with Crippen LogP contribution in [0.2, 0.25) is 0 Å². The summed E-state index contributed by atoms with van der Waals surface area (Å²) < 4.78 is 57.4. The van der Waals surface area contributed by atoms with Crippen LogP contribution in [-0.4, -0.2) is 372 Å². The third kappa shape index (κ3) is 55.3. The van der Waals surface area contributed by atoms with Crippen molar-refractivity contribution in [2.75, 3.05) is 171 Å². The Morgan fingerprint density at radius 3 is 1.11 bits per heavy atom. The van der Waals surface area contributed by atoms with E-state index < -0.39 is 55.4 Å². The molecule has 0 aromatic carbocycles. The van der Waals surface area contributed by atoms with Crippen LogP contribution in [0.3, 0.4) is 0 Å². The molecule has 2 saturated carbocycles. The van der Waals surface area contributed by atoms with Gasteiger partial charge in [0.25, 0.3) is 0 Å². The van der Waals surface area contributed by atoms with E-state index >= 15 is 0 Å². The smallest absolute Gasteiger partial charge is 0.317 e. The number of carboxylic acids is 5. The monoisotopic (exact) mass is 2150 g/mol. The highest BCUT2D eigenvalue weighted by Gasteiger charge is 2.41. The van der Waals surface area contributed by atoms with Crippen molar-refractivity contribution in [1.82, 2.24) is 73.8 Å². The number of ether oxygens (including phenoxy) is 2. The predicted octanol–water partition coefficient (Wildman–Crippen LogP) is 15.1. The van der Waals surface area contributed by atoms with Crippen molar-refractivity contribution in [2.24, 2.45) is 118 Å². The second-order valence-corrected chi connectivity index (χ2v) is 51.9. The van der Waals surface area contributed by atoms with Gasteiger partial charge in [-0.1, -0.05) is 88.3 Å². The molecule has 10 saturated heterocycles. The molecule has 11 unspecified atom stereocenters. The largest absolute Gasteiger partial charge is 0.481 e. The van der Waals surface area contributed by atoms with Gasteiger partial charge in [-0.15, -0.1) is 10.2 Å². The highest BCUT2D eigenvalue weighted by molar-refractivity contribution is 7.88. The van der Waals surface area contributed by atoms with E-state index in [0.717, 1.165) is 232 Å². The number of sulfonamides is 2. The summed E-state index contributed by atoms with van der Waals surface area (Å²) in [5.41, 5.74) is 4.95. The Labute approximate surface area is 901 Å². The van der Waals surface area contributed by atoms with Crippen molar-refractivity contribution < 1.29 is 90.2 Å². The van der Waals surface area contributed by atoms with Gasteiger partial charge in [0.2, 0.25) is 26.0 Å². The number of aromatic amines is 1. The molecule has 149 heavy (non-hydrogen) atoms. The van der Waals surface area contributed by atoms with Gasteiger partial charge in [0.1, 0.15) is 0 Å². The summed E-state index contributed by atoms with van der Waals surface area (Å²) in [6.07, 6.45) is 26.3. The Morgan fingerprint density at radius 2 is 0.785 bits per heavy atom. The molecule has 13 rings (SSSR count). The van der Waals surface area contributed by atoms with Gasteiger partial charge >= 0.3 is 41.8 Å². The first-order chi connectivity index (χ1) is 69.6. The van der Waals surface area contributed by atoms with E-state index in [2.05, 4.69) is 242 Å². The normalized spacial score (nSPS) is 25.1. The number of H-pyrrole nitrogens is 1. The quantitative estimate of drug-likeness (QED) is 0.0345. The van der Waals surface area contributed by atoms with Crippen molar-refractivity contribution in [2.45, 2.75) is 369 Å². The number of hydrogen-bond acceptors (Lipinski definition) is 27. The Kier molecular flexibility index (Phi) is 66.9. The molecule has 11 atom stereocenters. The highest BCUT2D eigenvalue weighted by atomic mass is 32.2. The van der Waals surface area contributed by atoms with E-state index in [-0.39, 0.29) is 48.1 Å². The molecule has 9 N–H and O–H groups in total. The average molecular weight is 2150 g/mol. The molecule has 2 aliphatic carbocycles. The predicted molar refractivity (Wildman–Crippen MR) is 593 cm³/mol. The Bertz CT molecular complexity index is 4090. The van der Waals surface area contributed by atoms with E-state index in [1.54, 1.807) is 8.61 Å². The number of nitrogens with zero attached hydrogens (tertiary/aromatic N) is 14. The number of piperidine rings is 5. The van der Waals surface area contributed by atoms with Crippen molar-refractivity contribution in [3.63, 3.8) is 0 Å². The van der Waals surface area contributed by atoms with Gasteiger partial charge in [0, 0.05) is 128 Å². The first-order valence-electron chi connectivity index (χ1n) is 56.8. The molecule has 868 valence electrons. The third-order valence-corrected chi connectivity index (χ3v) is 35.8. The van der Waals surface area contributed by atoms with Gasteiger partial charge < -0.3 is 75.5 Å². The number of amides is 1. The zero-order valence-electron chi connectivity index (χ0n) is 98.1. The molecule has 0 spiro atoms. The molecular weight excluding hydrogens is 1940 g/mol. The number of carbonyl (C=O) groups excluding carboxylic acids is 3. The number of carboxylic acid groups (broad SMARTS) is 5. The number of tetrazole rings is 1. The summed E-state index contributed by atoms with van der Waals surface area (Å²) in [5.74, 6) is 6.63. The van der Waals surface area contributed by atoms with Gasteiger partial charge in [0.15, 0.2) is 5.82 Å². The first kappa shape index (κ1) is 139. The number of nitrogens with one attached hydrogen (secondary N) is 2. The van der Waals surface area contributed by atoms with Gasteiger partial charge in [-0.25, -0.2) is 25.4 Å². The molecule has 11 heterocycles. The summed E-state index contributed by atoms with van der Waals surface area (Å²) >= 11 is 0. The summed E-state index contributed by atoms with van der Waals surface area (Å²) in [5, 5.41) is 69.0. The molecule has 12 fully saturated rings. The number of esters is 2. The number of nitriles is 1. The second kappa shape index (κ2) is 71.8. The molecule has 1 aromatic rings. The van der Waals surface area contributed by atoms with E-state index in [9.17, 15) is 55.2 Å². The Hall–Kier alpha value is -6.22. The van der Waals surface area contributed by atoms with E-state index in [1.807, 2.05) is 7.05 Å². The van der Waals surface area contributed by atoms with Gasteiger partial charge in [0.05, 0.1) is 75.1 Å². The maximum absolute atomic E-state index is 11.3. The van der Waals surface area contributed by atoms with Crippen LogP contribution in [0.4, 0.5) is 0 Å². The summed E-state index contributed by atoms with van der Waals surface area (Å²) in [7, 11) is -1.16. The van der Waals surface area contributed by atoms with Crippen LogP contribution in [0.15, 0.2) is 0 Å². The lowest BCUT2D eigenvalue weighted by molar-refractivity contribution is -0.145. The topological polar surface area (TPSA) is 473 Å². The van der Waals surface area contributed by atoms with Crippen LogP contribution in [0.25, 0.3) is 0 Å². The summed E-state index contributed by atoms with van der Waals surface area (Å²) in [6, 6.07) is 5.68. The standard InChI is InChI=1S/C10H19N5.C10H21N3O.C10H18N2.2C10H19NO2.C9H19NO2S.2C9H17NO2.2C9H16O2.C8H17NO2S.C8H15NO2/c1-8(2)9-3-5-15(6-4-9)7-10-11-13-14-12-10;1-8(2)13-6-4-10(12-3,5-7-13)9(11)14;1-9(2)12-7-4-10(3-6-11)5-8-12;1-8(2)11-5-4-9(7-11)6-10(12)13-3;1-8(2)9-4-3-5-11(6-9)7-10(12)13;1-8(2)9-5-4-6-10(7-9)13(3,11)12;1-7(2)10-5-4-8(6-10)9(11)12-3;1-7(2)10-4-3-8(6-10)5-9(11)12;2*1-6(2)7-3-4-8(5-7)9(10)11;1-7(2)8-4-5-9(6-8)12(3,10)11;1-6(2)9-4-3-7(5-9)8(10)11/h8-9H,3-7H2,1-2H3,(H,11,12,13,14);8,12H,4-7H2,1-3H3,(H2,11,14);9-10H,3-5,7-8H2,1-2H3;8-9H,4-7H2,1-3H3;8-9H,3-7H2,1-2H3,(H,12,13);8-9H,4-7H2,1-3H3;7-8H,4-6H2,1-3H3;7-8H,3-6H2,1-2H3,(H,11,12);2*6-8H,3-5H2,1-2H3,(H,10,11);7-8H,4-6H2,1-3H3;6-7H,3-5H2,1-2H3,(H,10,11). The molecule has 12 aliphatic rings. The lowest BCUT2D eigenvalue weighted by Crippen LogP contribution is -2.60. The molecule has 36 nitrogen and oxygen atoms in total. The van der Waals surface area contributed by atoms with Gasteiger partial charge in [-0.2, -0.15) is 10.5 Å².